The third-order valence-electron chi connectivity index (χ3n) is 2.33. The molecule has 0 atom stereocenters. The van der Waals surface area contributed by atoms with Gasteiger partial charge < -0.3 is 4.74 Å². The van der Waals surface area contributed by atoms with Crippen LogP contribution < -0.4 is 4.74 Å². The van der Waals surface area contributed by atoms with Crippen LogP contribution in [0.2, 0.25) is 0 Å². The van der Waals surface area contributed by atoms with Gasteiger partial charge in [-0.15, -0.1) is 0 Å². The molecule has 0 spiro atoms. The molecule has 1 aromatic heterocycles. The minimum Gasteiger partial charge on any atom is -0.489 e. The van der Waals surface area contributed by atoms with Crippen LogP contribution in [-0.2, 0) is 0 Å². The van der Waals surface area contributed by atoms with E-state index >= 15 is 0 Å². The van der Waals surface area contributed by atoms with Gasteiger partial charge in [0.25, 0.3) is 0 Å². The zero-order chi connectivity index (χ0) is 12.3. The van der Waals surface area contributed by atoms with Crippen molar-refractivity contribution < 1.29 is 9.66 Å². The summed E-state index contributed by atoms with van der Waals surface area (Å²) >= 11 is 0. The number of ether oxygens (including phenoxy) is 1. The summed E-state index contributed by atoms with van der Waals surface area (Å²) in [6.07, 6.45) is 1.41. The van der Waals surface area contributed by atoms with Gasteiger partial charge in [0.15, 0.2) is 0 Å². The number of pyridine rings is 1. The van der Waals surface area contributed by atoms with E-state index in [2.05, 4.69) is 4.98 Å². The number of rotatable bonds is 3. The summed E-state index contributed by atoms with van der Waals surface area (Å²) in [5.74, 6) is 0.184. The van der Waals surface area contributed by atoms with Gasteiger partial charge in [0.05, 0.1) is 12.0 Å². The molecular weight excluding hydrogens is 220 g/mol. The lowest BCUT2D eigenvalue weighted by Crippen LogP contribution is -1.97. The van der Waals surface area contributed by atoms with E-state index in [1.165, 1.54) is 19.4 Å². The summed E-state index contributed by atoms with van der Waals surface area (Å²) in [6, 6.07) is 10.5. The fraction of sp³-hybridized carbons (Fsp3) is 0.0833. The summed E-state index contributed by atoms with van der Waals surface area (Å²) in [4.78, 5) is 14.5. The van der Waals surface area contributed by atoms with Crippen LogP contribution in [0.25, 0.3) is 11.3 Å². The molecule has 0 unspecified atom stereocenters. The van der Waals surface area contributed by atoms with Crippen LogP contribution in [0.15, 0.2) is 42.6 Å². The summed E-state index contributed by atoms with van der Waals surface area (Å²) in [5.41, 5.74) is 1.18. The van der Waals surface area contributed by atoms with Gasteiger partial charge in [-0.1, -0.05) is 30.3 Å². The molecule has 17 heavy (non-hydrogen) atoms. The molecule has 0 aliphatic carbocycles. The van der Waals surface area contributed by atoms with Crippen LogP contribution in [0.5, 0.6) is 5.75 Å². The van der Waals surface area contributed by atoms with Crippen molar-refractivity contribution >= 4 is 5.69 Å². The number of benzene rings is 1. The molecule has 0 saturated heterocycles. The van der Waals surface area contributed by atoms with E-state index in [1.54, 1.807) is 0 Å². The third kappa shape index (κ3) is 2.08. The standard InChI is InChI=1S/C12H10N2O3/c1-17-12-10(14(15)16)7-8-13-11(12)9-5-3-2-4-6-9/h2-8H,1H3. The average Bonchev–Trinajstić information content (AvgIpc) is 2.38. The second kappa shape index (κ2) is 4.61. The van der Waals surface area contributed by atoms with Crippen molar-refractivity contribution in [3.8, 4) is 17.0 Å². The average molecular weight is 230 g/mol. The van der Waals surface area contributed by atoms with Crippen molar-refractivity contribution in [1.29, 1.82) is 0 Å². The monoisotopic (exact) mass is 230 g/mol. The van der Waals surface area contributed by atoms with Crippen LogP contribution in [0.1, 0.15) is 0 Å². The number of hydrogen-bond donors (Lipinski definition) is 0. The summed E-state index contributed by atoms with van der Waals surface area (Å²) in [6.45, 7) is 0. The summed E-state index contributed by atoms with van der Waals surface area (Å²) in [5, 5.41) is 10.9. The highest BCUT2D eigenvalue weighted by Crippen LogP contribution is 2.35. The zero-order valence-corrected chi connectivity index (χ0v) is 9.16. The quantitative estimate of drug-likeness (QED) is 0.600. The lowest BCUT2D eigenvalue weighted by atomic mass is 10.1. The predicted molar refractivity (Wildman–Crippen MR) is 62.9 cm³/mol. The minimum absolute atomic E-state index is 0.0821. The number of nitro groups is 1. The smallest absolute Gasteiger partial charge is 0.314 e. The van der Waals surface area contributed by atoms with Crippen LogP contribution in [0.4, 0.5) is 5.69 Å². The van der Waals surface area contributed by atoms with Crippen molar-refractivity contribution in [2.24, 2.45) is 0 Å². The number of methoxy groups -OCH3 is 1. The van der Waals surface area contributed by atoms with E-state index in [1.807, 2.05) is 30.3 Å². The van der Waals surface area contributed by atoms with Gasteiger partial charge in [0.2, 0.25) is 5.75 Å². The van der Waals surface area contributed by atoms with Crippen molar-refractivity contribution in [3.63, 3.8) is 0 Å². The SMILES string of the molecule is COc1c([N+](=O)[O-])ccnc1-c1ccccc1. The Morgan fingerprint density at radius 3 is 2.53 bits per heavy atom. The van der Waals surface area contributed by atoms with Gasteiger partial charge in [0.1, 0.15) is 5.69 Å². The molecule has 2 rings (SSSR count). The molecule has 0 saturated carbocycles. The van der Waals surface area contributed by atoms with Gasteiger partial charge >= 0.3 is 5.69 Å². The van der Waals surface area contributed by atoms with E-state index in [4.69, 9.17) is 4.74 Å². The molecule has 0 amide bonds. The first-order valence-corrected chi connectivity index (χ1v) is 4.97. The Labute approximate surface area is 97.8 Å². The van der Waals surface area contributed by atoms with Crippen molar-refractivity contribution in [1.82, 2.24) is 4.98 Å². The second-order valence-corrected chi connectivity index (χ2v) is 3.34. The van der Waals surface area contributed by atoms with E-state index in [-0.39, 0.29) is 11.4 Å². The molecule has 86 valence electrons. The second-order valence-electron chi connectivity index (χ2n) is 3.34. The first kappa shape index (κ1) is 11.1. The minimum atomic E-state index is -0.479. The lowest BCUT2D eigenvalue weighted by molar-refractivity contribution is -0.385. The highest BCUT2D eigenvalue weighted by molar-refractivity contribution is 5.71. The number of aromatic nitrogens is 1. The van der Waals surface area contributed by atoms with E-state index < -0.39 is 4.92 Å². The van der Waals surface area contributed by atoms with Crippen molar-refractivity contribution in [3.05, 3.63) is 52.7 Å². The molecule has 2 aromatic rings. The summed E-state index contributed by atoms with van der Waals surface area (Å²) in [7, 11) is 1.40. The maximum Gasteiger partial charge on any atom is 0.314 e. The first-order valence-electron chi connectivity index (χ1n) is 4.97. The zero-order valence-electron chi connectivity index (χ0n) is 9.16. The Hall–Kier alpha value is -2.43. The molecular formula is C12H10N2O3. The molecule has 1 heterocycles. The molecule has 5 heteroatoms. The fourth-order valence-corrected chi connectivity index (χ4v) is 1.58. The van der Waals surface area contributed by atoms with Crippen LogP contribution in [-0.4, -0.2) is 17.0 Å². The molecule has 1 aromatic carbocycles. The number of hydrogen-bond acceptors (Lipinski definition) is 4. The highest BCUT2D eigenvalue weighted by Gasteiger charge is 2.20. The molecule has 0 radical (unpaired) electrons. The topological polar surface area (TPSA) is 65.3 Å². The van der Waals surface area contributed by atoms with Gasteiger partial charge in [-0.25, -0.2) is 0 Å². The Morgan fingerprint density at radius 1 is 1.24 bits per heavy atom. The van der Waals surface area contributed by atoms with Crippen molar-refractivity contribution in [2.75, 3.05) is 7.11 Å². The van der Waals surface area contributed by atoms with Gasteiger partial charge in [-0.3, -0.25) is 15.1 Å². The van der Waals surface area contributed by atoms with Crippen LogP contribution >= 0.6 is 0 Å². The Bertz CT molecular complexity index is 541. The Balaban J connectivity index is 2.63. The maximum absolute atomic E-state index is 10.9. The van der Waals surface area contributed by atoms with Gasteiger partial charge in [0, 0.05) is 17.8 Å². The molecule has 0 bridgehead atoms. The molecule has 0 fully saturated rings. The van der Waals surface area contributed by atoms with Crippen molar-refractivity contribution in [2.45, 2.75) is 0 Å². The Kier molecular flexibility index (Phi) is 3.00. The normalized spacial score (nSPS) is 9.94. The summed E-state index contributed by atoms with van der Waals surface area (Å²) < 4.78 is 5.09. The van der Waals surface area contributed by atoms with Crippen LogP contribution in [0.3, 0.4) is 0 Å². The molecule has 0 aliphatic heterocycles. The largest absolute Gasteiger partial charge is 0.489 e. The maximum atomic E-state index is 10.9. The molecule has 5 nitrogen and oxygen atoms in total. The van der Waals surface area contributed by atoms with E-state index in [0.29, 0.717) is 5.69 Å². The van der Waals surface area contributed by atoms with E-state index in [9.17, 15) is 10.1 Å². The molecule has 0 N–H and O–H groups in total. The molecule has 0 aliphatic rings. The predicted octanol–water partition coefficient (Wildman–Crippen LogP) is 2.67. The van der Waals surface area contributed by atoms with Crippen LogP contribution in [0, 0.1) is 10.1 Å². The van der Waals surface area contributed by atoms with Gasteiger partial charge in [-0.05, 0) is 0 Å². The fourth-order valence-electron chi connectivity index (χ4n) is 1.58. The van der Waals surface area contributed by atoms with Gasteiger partial charge in [-0.2, -0.15) is 0 Å². The van der Waals surface area contributed by atoms with E-state index in [0.717, 1.165) is 5.56 Å². The Morgan fingerprint density at radius 2 is 1.94 bits per heavy atom. The number of nitrogens with zero attached hydrogens (tertiary/aromatic N) is 2. The lowest BCUT2D eigenvalue weighted by Gasteiger charge is -2.07. The first-order chi connectivity index (χ1) is 8.24. The third-order valence-corrected chi connectivity index (χ3v) is 2.33. The highest BCUT2D eigenvalue weighted by atomic mass is 16.6.